The molecule has 31 heavy (non-hydrogen) atoms. The van der Waals surface area contributed by atoms with Crippen LogP contribution in [0.5, 0.6) is 0 Å². The molecule has 1 aromatic carbocycles. The van der Waals surface area contributed by atoms with Crippen molar-refractivity contribution in [3.05, 3.63) is 51.5 Å². The van der Waals surface area contributed by atoms with Crippen molar-refractivity contribution in [1.29, 1.82) is 0 Å². The van der Waals surface area contributed by atoms with Gasteiger partial charge in [0.2, 0.25) is 5.91 Å². The monoisotopic (exact) mass is 441 g/mol. The molecule has 0 saturated carbocycles. The first-order valence-electron chi connectivity index (χ1n) is 11.4. The summed E-state index contributed by atoms with van der Waals surface area (Å²) in [6, 6.07) is 8.67. The number of fused-ring (bicyclic) bond motifs is 1. The highest BCUT2D eigenvalue weighted by atomic mass is 32.1. The fourth-order valence-corrected chi connectivity index (χ4v) is 5.96. The first kappa shape index (κ1) is 21.1. The fraction of sp³-hybridized carbons (Fsp3) is 0.583. The lowest BCUT2D eigenvalue weighted by atomic mass is 9.87. The minimum Gasteiger partial charge on any atom is -0.383 e. The van der Waals surface area contributed by atoms with Crippen LogP contribution in [0.4, 0.5) is 0 Å². The minimum atomic E-state index is -0.921. The van der Waals surface area contributed by atoms with Crippen LogP contribution < -0.4 is 0 Å². The Hall–Kier alpha value is -1.80. The number of aliphatic hydroxyl groups is 1. The molecule has 0 atom stereocenters. The molecule has 2 fully saturated rings. The van der Waals surface area contributed by atoms with E-state index in [0.717, 1.165) is 49.6 Å². The van der Waals surface area contributed by atoms with E-state index < -0.39 is 5.60 Å². The quantitative estimate of drug-likeness (QED) is 0.790. The van der Waals surface area contributed by atoms with Crippen LogP contribution in [0.3, 0.4) is 0 Å². The van der Waals surface area contributed by atoms with E-state index in [9.17, 15) is 9.90 Å². The van der Waals surface area contributed by atoms with Crippen LogP contribution in [0.15, 0.2) is 29.6 Å². The molecule has 1 aromatic heterocycles. The molecule has 1 N–H and O–H groups in total. The summed E-state index contributed by atoms with van der Waals surface area (Å²) in [6.07, 6.45) is 3.83. The predicted octanol–water partition coefficient (Wildman–Crippen LogP) is 2.94. The normalized spacial score (nSPS) is 22.3. The predicted molar refractivity (Wildman–Crippen MR) is 120 cm³/mol. The van der Waals surface area contributed by atoms with Gasteiger partial charge in [0.1, 0.15) is 10.6 Å². The van der Waals surface area contributed by atoms with Crippen LogP contribution in [0.1, 0.15) is 47.5 Å². The van der Waals surface area contributed by atoms with E-state index in [0.29, 0.717) is 39.1 Å². The Morgan fingerprint density at radius 1 is 1.16 bits per heavy atom. The maximum atomic E-state index is 12.8. The largest absolute Gasteiger partial charge is 0.383 e. The molecule has 166 valence electrons. The molecule has 7 heteroatoms. The molecule has 2 aromatic rings. The van der Waals surface area contributed by atoms with Crippen molar-refractivity contribution < 1.29 is 14.6 Å². The van der Waals surface area contributed by atoms with Crippen LogP contribution in [0.2, 0.25) is 0 Å². The lowest BCUT2D eigenvalue weighted by molar-refractivity contribution is -0.143. The Morgan fingerprint density at radius 3 is 2.68 bits per heavy atom. The van der Waals surface area contributed by atoms with Crippen molar-refractivity contribution in [1.82, 2.24) is 14.8 Å². The number of carbonyl (C=O) groups excluding carboxylic acids is 1. The van der Waals surface area contributed by atoms with Gasteiger partial charge in [-0.25, -0.2) is 4.98 Å². The lowest BCUT2D eigenvalue weighted by Crippen LogP contribution is -2.48. The maximum absolute atomic E-state index is 12.8. The maximum Gasteiger partial charge on any atom is 0.225 e. The summed E-state index contributed by atoms with van der Waals surface area (Å²) in [6.45, 7) is 5.38. The van der Waals surface area contributed by atoms with Gasteiger partial charge in [-0.1, -0.05) is 24.3 Å². The summed E-state index contributed by atoms with van der Waals surface area (Å²) in [5, 5.41) is 14.4. The molecule has 5 rings (SSSR count). The second kappa shape index (κ2) is 8.98. The number of rotatable bonds is 4. The first-order chi connectivity index (χ1) is 15.1. The van der Waals surface area contributed by atoms with E-state index in [1.54, 1.807) is 11.3 Å². The Kier molecular flexibility index (Phi) is 6.10. The topological polar surface area (TPSA) is 65.9 Å². The second-order valence-electron chi connectivity index (χ2n) is 9.10. The van der Waals surface area contributed by atoms with Crippen LogP contribution >= 0.6 is 11.3 Å². The molecule has 0 radical (unpaired) electrons. The van der Waals surface area contributed by atoms with Gasteiger partial charge in [0.25, 0.3) is 0 Å². The van der Waals surface area contributed by atoms with E-state index in [-0.39, 0.29) is 11.8 Å². The van der Waals surface area contributed by atoms with Gasteiger partial charge >= 0.3 is 0 Å². The Balaban J connectivity index is 1.18. The highest BCUT2D eigenvalue weighted by Crippen LogP contribution is 2.35. The first-order valence-corrected chi connectivity index (χ1v) is 12.3. The van der Waals surface area contributed by atoms with Gasteiger partial charge in [0.05, 0.1) is 12.2 Å². The van der Waals surface area contributed by atoms with Gasteiger partial charge < -0.3 is 14.7 Å². The summed E-state index contributed by atoms with van der Waals surface area (Å²) < 4.78 is 5.38. The molecule has 0 bridgehead atoms. The molecule has 4 heterocycles. The van der Waals surface area contributed by atoms with Crippen molar-refractivity contribution in [2.75, 3.05) is 32.8 Å². The van der Waals surface area contributed by atoms with Gasteiger partial charge in [-0.15, -0.1) is 11.3 Å². The Morgan fingerprint density at radius 2 is 1.90 bits per heavy atom. The van der Waals surface area contributed by atoms with Crippen molar-refractivity contribution in [3.63, 3.8) is 0 Å². The van der Waals surface area contributed by atoms with Crippen LogP contribution in [-0.2, 0) is 34.6 Å². The summed E-state index contributed by atoms with van der Waals surface area (Å²) in [5.74, 6) is 0.315. The Bertz CT molecular complexity index is 916. The highest BCUT2D eigenvalue weighted by Gasteiger charge is 2.39. The molecule has 0 unspecified atom stereocenters. The molecule has 0 spiro atoms. The minimum absolute atomic E-state index is 0.0838. The molecular formula is C24H31N3O3S. The summed E-state index contributed by atoms with van der Waals surface area (Å²) in [5.41, 5.74) is 2.72. The smallest absolute Gasteiger partial charge is 0.225 e. The average molecular weight is 442 g/mol. The number of benzene rings is 1. The van der Waals surface area contributed by atoms with Gasteiger partial charge in [-0.05, 0) is 43.2 Å². The summed E-state index contributed by atoms with van der Waals surface area (Å²) >= 11 is 1.64. The van der Waals surface area contributed by atoms with Crippen LogP contribution in [0.25, 0.3) is 0 Å². The number of aromatic nitrogens is 1. The molecule has 2 saturated heterocycles. The number of ether oxygens (including phenoxy) is 1. The van der Waals surface area contributed by atoms with Crippen molar-refractivity contribution in [2.45, 2.75) is 50.8 Å². The highest BCUT2D eigenvalue weighted by molar-refractivity contribution is 7.09. The zero-order chi connectivity index (χ0) is 21.3. The van der Waals surface area contributed by atoms with Crippen LogP contribution in [-0.4, -0.2) is 58.6 Å². The zero-order valence-corrected chi connectivity index (χ0v) is 18.8. The van der Waals surface area contributed by atoms with E-state index >= 15 is 0 Å². The molecule has 3 aliphatic rings. The van der Waals surface area contributed by atoms with E-state index in [1.165, 1.54) is 11.1 Å². The SMILES string of the molecule is O=C(C1CCOCC1)N1CCC(O)(c2csc(CN3CCc4ccccc4C3)n2)CC1. The standard InChI is InChI=1S/C24H31N3O3S/c28-23(19-6-13-30-14-7-19)27-11-8-24(29,9-12-27)21-17-31-22(25-21)16-26-10-5-18-3-1-2-4-20(18)15-26/h1-4,17,19,29H,5-16H2. The number of carbonyl (C=O) groups is 1. The number of amides is 1. The van der Waals surface area contributed by atoms with Crippen LogP contribution in [0, 0.1) is 5.92 Å². The Labute approximate surface area is 187 Å². The average Bonchev–Trinajstić information content (AvgIpc) is 3.29. The molecular weight excluding hydrogens is 410 g/mol. The van der Waals surface area contributed by atoms with Gasteiger partial charge in [-0.2, -0.15) is 0 Å². The summed E-state index contributed by atoms with van der Waals surface area (Å²) in [4.78, 5) is 22.0. The van der Waals surface area contributed by atoms with E-state index in [1.807, 2.05) is 10.3 Å². The fourth-order valence-electron chi connectivity index (χ4n) is 5.03. The lowest BCUT2D eigenvalue weighted by Gasteiger charge is -2.39. The van der Waals surface area contributed by atoms with Gasteiger partial charge in [-0.3, -0.25) is 9.69 Å². The third kappa shape index (κ3) is 4.55. The van der Waals surface area contributed by atoms with Crippen molar-refractivity contribution >= 4 is 17.2 Å². The third-order valence-electron chi connectivity index (χ3n) is 7.07. The summed E-state index contributed by atoms with van der Waals surface area (Å²) in [7, 11) is 0. The zero-order valence-electron chi connectivity index (χ0n) is 18.0. The molecule has 1 amide bonds. The van der Waals surface area contributed by atoms with Gasteiger partial charge in [0, 0.05) is 50.7 Å². The number of piperidine rings is 1. The number of likely N-dealkylation sites (tertiary alicyclic amines) is 1. The second-order valence-corrected chi connectivity index (χ2v) is 10.0. The molecule has 6 nitrogen and oxygen atoms in total. The molecule has 0 aliphatic carbocycles. The number of hydrogen-bond acceptors (Lipinski definition) is 6. The number of nitrogens with zero attached hydrogens (tertiary/aromatic N) is 3. The third-order valence-corrected chi connectivity index (χ3v) is 7.90. The van der Waals surface area contributed by atoms with E-state index in [2.05, 4.69) is 29.2 Å². The number of thiazole rings is 1. The van der Waals surface area contributed by atoms with Crippen molar-refractivity contribution in [3.8, 4) is 0 Å². The van der Waals surface area contributed by atoms with E-state index in [4.69, 9.17) is 9.72 Å². The van der Waals surface area contributed by atoms with Crippen molar-refractivity contribution in [2.24, 2.45) is 5.92 Å². The molecule has 3 aliphatic heterocycles. The number of hydrogen-bond donors (Lipinski definition) is 1. The van der Waals surface area contributed by atoms with Gasteiger partial charge in [0.15, 0.2) is 0 Å².